The molecule has 2 aromatic rings. The maximum absolute atomic E-state index is 12.2. The molecule has 0 radical (unpaired) electrons. The van der Waals surface area contributed by atoms with E-state index in [0.717, 1.165) is 11.3 Å². The number of carbonyl (C=O) groups excluding carboxylic acids is 1. The zero-order valence-electron chi connectivity index (χ0n) is 12.4. The summed E-state index contributed by atoms with van der Waals surface area (Å²) >= 11 is 0. The lowest BCUT2D eigenvalue weighted by atomic mass is 10.1. The van der Waals surface area contributed by atoms with Gasteiger partial charge < -0.3 is 15.4 Å². The van der Waals surface area contributed by atoms with Crippen LogP contribution < -0.4 is 15.4 Å². The van der Waals surface area contributed by atoms with Crippen molar-refractivity contribution in [1.82, 2.24) is 4.98 Å². The second-order valence-electron chi connectivity index (χ2n) is 4.55. The van der Waals surface area contributed by atoms with Gasteiger partial charge in [-0.2, -0.15) is 0 Å². The van der Waals surface area contributed by atoms with Crippen molar-refractivity contribution in [3.63, 3.8) is 0 Å². The van der Waals surface area contributed by atoms with Crippen LogP contribution in [0.5, 0.6) is 5.88 Å². The van der Waals surface area contributed by atoms with Crippen molar-refractivity contribution in [3.8, 4) is 5.88 Å². The molecule has 0 aliphatic heterocycles. The summed E-state index contributed by atoms with van der Waals surface area (Å²) in [6.45, 7) is 4.42. The van der Waals surface area contributed by atoms with E-state index >= 15 is 0 Å². The zero-order chi connectivity index (χ0) is 15.2. The molecule has 2 rings (SSSR count). The normalized spacial score (nSPS) is 10.0. The fraction of sp³-hybridized carbons (Fsp3) is 0.250. The number of aromatic nitrogens is 1. The van der Waals surface area contributed by atoms with Crippen molar-refractivity contribution in [1.29, 1.82) is 0 Å². The van der Waals surface area contributed by atoms with Crippen molar-refractivity contribution in [2.45, 2.75) is 13.8 Å². The molecule has 110 valence electrons. The summed E-state index contributed by atoms with van der Waals surface area (Å²) in [5.41, 5.74) is 3.28. The van der Waals surface area contributed by atoms with Crippen LogP contribution in [0.2, 0.25) is 0 Å². The largest absolute Gasteiger partial charge is 0.478 e. The minimum Gasteiger partial charge on any atom is -0.478 e. The van der Waals surface area contributed by atoms with E-state index in [9.17, 15) is 4.79 Å². The van der Waals surface area contributed by atoms with Crippen LogP contribution in [-0.4, -0.2) is 24.5 Å². The molecular weight excluding hydrogens is 266 g/mol. The van der Waals surface area contributed by atoms with Crippen LogP contribution in [0.1, 0.15) is 22.8 Å². The molecule has 0 aliphatic rings. The number of nitrogens with one attached hydrogen (secondary N) is 2. The topological polar surface area (TPSA) is 63.2 Å². The molecule has 1 heterocycles. The molecule has 0 bridgehead atoms. The first kappa shape index (κ1) is 14.8. The minimum absolute atomic E-state index is 0.160. The number of hydrogen-bond acceptors (Lipinski definition) is 4. The number of aryl methyl sites for hydroxylation is 1. The van der Waals surface area contributed by atoms with Gasteiger partial charge >= 0.3 is 0 Å². The summed E-state index contributed by atoms with van der Waals surface area (Å²) in [5.74, 6) is 0.386. The minimum atomic E-state index is -0.160. The lowest BCUT2D eigenvalue weighted by Gasteiger charge is -2.09. The van der Waals surface area contributed by atoms with Crippen molar-refractivity contribution >= 4 is 17.3 Å². The van der Waals surface area contributed by atoms with E-state index in [2.05, 4.69) is 15.6 Å². The number of anilines is 2. The van der Waals surface area contributed by atoms with Crippen molar-refractivity contribution in [3.05, 3.63) is 47.7 Å². The molecule has 2 N–H and O–H groups in total. The summed E-state index contributed by atoms with van der Waals surface area (Å²) < 4.78 is 5.26. The Morgan fingerprint density at radius 3 is 2.67 bits per heavy atom. The Morgan fingerprint density at radius 2 is 2.10 bits per heavy atom. The second kappa shape index (κ2) is 6.74. The van der Waals surface area contributed by atoms with Crippen molar-refractivity contribution < 1.29 is 9.53 Å². The third kappa shape index (κ3) is 3.72. The lowest BCUT2D eigenvalue weighted by Crippen LogP contribution is -2.12. The number of benzene rings is 1. The summed E-state index contributed by atoms with van der Waals surface area (Å²) in [5, 5.41) is 5.89. The van der Waals surface area contributed by atoms with Crippen LogP contribution in [0.4, 0.5) is 11.4 Å². The molecule has 0 saturated carbocycles. The van der Waals surface area contributed by atoms with Crippen LogP contribution in [0, 0.1) is 6.92 Å². The Balaban J connectivity index is 2.08. The Hall–Kier alpha value is -2.56. The molecule has 0 fully saturated rings. The molecule has 1 aromatic heterocycles. The Bertz CT molecular complexity index is 624. The highest BCUT2D eigenvalue weighted by atomic mass is 16.5. The van der Waals surface area contributed by atoms with E-state index in [1.807, 2.05) is 33.0 Å². The van der Waals surface area contributed by atoms with Crippen molar-refractivity contribution in [2.75, 3.05) is 24.3 Å². The molecule has 1 amide bonds. The third-order valence-corrected chi connectivity index (χ3v) is 3.04. The van der Waals surface area contributed by atoms with Gasteiger partial charge in [0.2, 0.25) is 5.88 Å². The fourth-order valence-electron chi connectivity index (χ4n) is 1.98. The van der Waals surface area contributed by atoms with Gasteiger partial charge in [0.1, 0.15) is 0 Å². The highest BCUT2D eigenvalue weighted by molar-refractivity contribution is 6.04. The van der Waals surface area contributed by atoms with Gasteiger partial charge in [0.05, 0.1) is 18.5 Å². The predicted molar refractivity (Wildman–Crippen MR) is 84.1 cm³/mol. The van der Waals surface area contributed by atoms with E-state index < -0.39 is 0 Å². The number of amides is 1. The van der Waals surface area contributed by atoms with Crippen LogP contribution in [-0.2, 0) is 0 Å². The van der Waals surface area contributed by atoms with Gasteiger partial charge in [-0.3, -0.25) is 4.79 Å². The van der Waals surface area contributed by atoms with Gasteiger partial charge in [-0.05, 0) is 43.7 Å². The average molecular weight is 285 g/mol. The fourth-order valence-corrected chi connectivity index (χ4v) is 1.98. The second-order valence-corrected chi connectivity index (χ2v) is 4.55. The molecule has 0 aliphatic carbocycles. The van der Waals surface area contributed by atoms with Gasteiger partial charge in [-0.15, -0.1) is 0 Å². The number of pyridine rings is 1. The Morgan fingerprint density at radius 1 is 1.29 bits per heavy atom. The SMILES string of the molecule is CCOc1ccc(NC(=O)c2ccc(NC)c(C)c2)cn1. The van der Waals surface area contributed by atoms with Crippen LogP contribution >= 0.6 is 0 Å². The highest BCUT2D eigenvalue weighted by Gasteiger charge is 2.08. The van der Waals surface area contributed by atoms with E-state index in [4.69, 9.17) is 4.74 Å². The van der Waals surface area contributed by atoms with Gasteiger partial charge in [0, 0.05) is 24.4 Å². The van der Waals surface area contributed by atoms with Crippen LogP contribution in [0.25, 0.3) is 0 Å². The third-order valence-electron chi connectivity index (χ3n) is 3.04. The molecule has 1 aromatic carbocycles. The molecular formula is C16H19N3O2. The van der Waals surface area contributed by atoms with Gasteiger partial charge in [0.25, 0.3) is 5.91 Å². The van der Waals surface area contributed by atoms with E-state index in [1.54, 1.807) is 24.4 Å². The number of carbonyl (C=O) groups is 1. The van der Waals surface area contributed by atoms with Crippen LogP contribution in [0.3, 0.4) is 0 Å². The number of nitrogens with zero attached hydrogens (tertiary/aromatic N) is 1. The van der Waals surface area contributed by atoms with Gasteiger partial charge in [-0.1, -0.05) is 0 Å². The molecule has 21 heavy (non-hydrogen) atoms. The lowest BCUT2D eigenvalue weighted by molar-refractivity contribution is 0.102. The zero-order valence-corrected chi connectivity index (χ0v) is 12.4. The number of hydrogen-bond donors (Lipinski definition) is 2. The maximum Gasteiger partial charge on any atom is 0.255 e. The molecule has 5 heteroatoms. The Labute approximate surface area is 124 Å². The number of rotatable bonds is 5. The van der Waals surface area contributed by atoms with Crippen LogP contribution in [0.15, 0.2) is 36.5 Å². The van der Waals surface area contributed by atoms with E-state index in [0.29, 0.717) is 23.7 Å². The molecule has 5 nitrogen and oxygen atoms in total. The quantitative estimate of drug-likeness (QED) is 0.886. The first-order valence-electron chi connectivity index (χ1n) is 6.82. The Kier molecular flexibility index (Phi) is 4.77. The standard InChI is InChI=1S/C16H19N3O2/c1-4-21-15-8-6-13(10-18-15)19-16(20)12-5-7-14(17-3)11(2)9-12/h5-10,17H,4H2,1-3H3,(H,19,20). The average Bonchev–Trinajstić information content (AvgIpc) is 2.49. The van der Waals surface area contributed by atoms with Gasteiger partial charge in [0.15, 0.2) is 0 Å². The molecule has 0 spiro atoms. The molecule has 0 atom stereocenters. The predicted octanol–water partition coefficient (Wildman–Crippen LogP) is 3.08. The smallest absolute Gasteiger partial charge is 0.255 e. The number of ether oxygens (including phenoxy) is 1. The van der Waals surface area contributed by atoms with E-state index in [-0.39, 0.29) is 5.91 Å². The summed E-state index contributed by atoms with van der Waals surface area (Å²) in [6, 6.07) is 9.03. The summed E-state index contributed by atoms with van der Waals surface area (Å²) in [6.07, 6.45) is 1.58. The van der Waals surface area contributed by atoms with E-state index in [1.165, 1.54) is 0 Å². The first-order chi connectivity index (χ1) is 10.1. The molecule has 0 saturated heterocycles. The maximum atomic E-state index is 12.2. The first-order valence-corrected chi connectivity index (χ1v) is 6.82. The van der Waals surface area contributed by atoms with Gasteiger partial charge in [-0.25, -0.2) is 4.98 Å². The summed E-state index contributed by atoms with van der Waals surface area (Å²) in [4.78, 5) is 16.3. The monoisotopic (exact) mass is 285 g/mol. The van der Waals surface area contributed by atoms with Crippen molar-refractivity contribution in [2.24, 2.45) is 0 Å². The summed E-state index contributed by atoms with van der Waals surface area (Å²) in [7, 11) is 1.85. The highest BCUT2D eigenvalue weighted by Crippen LogP contribution is 2.17. The molecule has 0 unspecified atom stereocenters.